The Morgan fingerprint density at radius 2 is 2.14 bits per heavy atom. The summed E-state index contributed by atoms with van der Waals surface area (Å²) in [4.78, 5) is 13.4. The van der Waals surface area contributed by atoms with Gasteiger partial charge in [-0.2, -0.15) is 0 Å². The van der Waals surface area contributed by atoms with Crippen LogP contribution >= 0.6 is 15.9 Å². The first-order valence-corrected chi connectivity index (χ1v) is 5.37. The summed E-state index contributed by atoms with van der Waals surface area (Å²) in [6.07, 6.45) is 0. The first-order chi connectivity index (χ1) is 6.56. The first-order valence-electron chi connectivity index (χ1n) is 4.58. The van der Waals surface area contributed by atoms with E-state index in [4.69, 9.17) is 0 Å². The van der Waals surface area contributed by atoms with Gasteiger partial charge in [-0.25, -0.2) is 0 Å². The van der Waals surface area contributed by atoms with E-state index in [-0.39, 0.29) is 5.91 Å². The van der Waals surface area contributed by atoms with E-state index in [1.54, 1.807) is 11.9 Å². The van der Waals surface area contributed by atoms with E-state index in [1.165, 1.54) is 0 Å². The molecule has 0 radical (unpaired) electrons. The van der Waals surface area contributed by atoms with E-state index in [2.05, 4.69) is 15.9 Å². The molecule has 76 valence electrons. The summed E-state index contributed by atoms with van der Waals surface area (Å²) in [7, 11) is 1.81. The molecule has 0 N–H and O–H groups in total. The molecule has 0 aromatic heterocycles. The van der Waals surface area contributed by atoms with Crippen LogP contribution in [0.25, 0.3) is 0 Å². The third kappa shape index (κ3) is 2.35. The maximum atomic E-state index is 11.7. The van der Waals surface area contributed by atoms with Crippen molar-refractivity contribution in [2.75, 3.05) is 13.6 Å². The molecule has 0 bridgehead atoms. The molecule has 0 atom stereocenters. The monoisotopic (exact) mass is 255 g/mol. The van der Waals surface area contributed by atoms with Gasteiger partial charge in [0.25, 0.3) is 5.91 Å². The number of nitrogens with zero attached hydrogens (tertiary/aromatic N) is 1. The average Bonchev–Trinajstić information content (AvgIpc) is 2.20. The summed E-state index contributed by atoms with van der Waals surface area (Å²) in [6, 6.07) is 5.65. The minimum Gasteiger partial charge on any atom is -0.342 e. The summed E-state index contributed by atoms with van der Waals surface area (Å²) in [5.41, 5.74) is 1.83. The Balaban J connectivity index is 2.97. The van der Waals surface area contributed by atoms with Crippen LogP contribution in [0.3, 0.4) is 0 Å². The number of benzene rings is 1. The first kappa shape index (κ1) is 11.2. The van der Waals surface area contributed by atoms with Crippen molar-refractivity contribution in [1.82, 2.24) is 4.90 Å². The Labute approximate surface area is 93.0 Å². The third-order valence-electron chi connectivity index (χ3n) is 2.23. The molecule has 1 aromatic carbocycles. The topological polar surface area (TPSA) is 20.3 Å². The molecule has 0 saturated carbocycles. The van der Waals surface area contributed by atoms with Crippen molar-refractivity contribution in [3.63, 3.8) is 0 Å². The summed E-state index contributed by atoms with van der Waals surface area (Å²) in [6.45, 7) is 4.67. The number of aryl methyl sites for hydroxylation is 1. The number of carbonyl (C=O) groups excluding carboxylic acids is 1. The van der Waals surface area contributed by atoms with Crippen LogP contribution in [0.2, 0.25) is 0 Å². The zero-order chi connectivity index (χ0) is 10.7. The zero-order valence-electron chi connectivity index (χ0n) is 8.67. The Kier molecular flexibility index (Phi) is 3.69. The molecule has 2 nitrogen and oxygen atoms in total. The highest BCUT2D eigenvalue weighted by Gasteiger charge is 2.10. The fourth-order valence-corrected chi connectivity index (χ4v) is 1.39. The molecule has 0 saturated heterocycles. The predicted molar refractivity (Wildman–Crippen MR) is 61.5 cm³/mol. The van der Waals surface area contributed by atoms with Gasteiger partial charge in [0.15, 0.2) is 0 Å². The van der Waals surface area contributed by atoms with Gasteiger partial charge in [-0.3, -0.25) is 4.79 Å². The van der Waals surface area contributed by atoms with Crippen molar-refractivity contribution in [1.29, 1.82) is 0 Å². The fraction of sp³-hybridized carbons (Fsp3) is 0.364. The van der Waals surface area contributed by atoms with Crippen molar-refractivity contribution in [2.24, 2.45) is 0 Å². The number of amides is 1. The fourth-order valence-electron chi connectivity index (χ4n) is 1.14. The molecule has 0 aliphatic rings. The van der Waals surface area contributed by atoms with E-state index in [9.17, 15) is 4.79 Å². The SMILES string of the molecule is CCN(C)C(=O)c1ccc(Br)c(C)c1. The van der Waals surface area contributed by atoms with Crippen LogP contribution in [0.1, 0.15) is 22.8 Å². The van der Waals surface area contributed by atoms with Gasteiger partial charge < -0.3 is 4.90 Å². The summed E-state index contributed by atoms with van der Waals surface area (Å²) >= 11 is 3.41. The lowest BCUT2D eigenvalue weighted by Crippen LogP contribution is -2.26. The number of hydrogen-bond acceptors (Lipinski definition) is 1. The van der Waals surface area contributed by atoms with E-state index in [1.807, 2.05) is 32.0 Å². The quantitative estimate of drug-likeness (QED) is 0.796. The molecular weight excluding hydrogens is 242 g/mol. The molecule has 0 aliphatic carbocycles. The van der Waals surface area contributed by atoms with Crippen molar-refractivity contribution in [3.8, 4) is 0 Å². The van der Waals surface area contributed by atoms with Crippen molar-refractivity contribution >= 4 is 21.8 Å². The van der Waals surface area contributed by atoms with Crippen LogP contribution in [-0.4, -0.2) is 24.4 Å². The Morgan fingerprint density at radius 3 is 2.64 bits per heavy atom. The number of halogens is 1. The van der Waals surface area contributed by atoms with Crippen molar-refractivity contribution in [2.45, 2.75) is 13.8 Å². The molecule has 0 aliphatic heterocycles. The van der Waals surface area contributed by atoms with Crippen LogP contribution in [-0.2, 0) is 0 Å². The average molecular weight is 256 g/mol. The molecule has 0 fully saturated rings. The Morgan fingerprint density at radius 1 is 1.50 bits per heavy atom. The number of hydrogen-bond donors (Lipinski definition) is 0. The molecule has 1 amide bonds. The lowest BCUT2D eigenvalue weighted by atomic mass is 10.1. The Bertz CT molecular complexity index is 349. The van der Waals surface area contributed by atoms with Gasteiger partial charge in [0.05, 0.1) is 0 Å². The molecule has 14 heavy (non-hydrogen) atoms. The van der Waals surface area contributed by atoms with Gasteiger partial charge >= 0.3 is 0 Å². The number of carbonyl (C=O) groups is 1. The molecule has 1 aromatic rings. The van der Waals surface area contributed by atoms with E-state index >= 15 is 0 Å². The third-order valence-corrected chi connectivity index (χ3v) is 3.12. The van der Waals surface area contributed by atoms with Crippen LogP contribution in [0.4, 0.5) is 0 Å². The highest BCUT2D eigenvalue weighted by atomic mass is 79.9. The number of rotatable bonds is 2. The Hall–Kier alpha value is -0.830. The van der Waals surface area contributed by atoms with Crippen LogP contribution in [0.15, 0.2) is 22.7 Å². The standard InChI is InChI=1S/C11H14BrNO/c1-4-13(3)11(14)9-5-6-10(12)8(2)7-9/h5-7H,4H2,1-3H3. The van der Waals surface area contributed by atoms with Gasteiger partial charge in [0.2, 0.25) is 0 Å². The van der Waals surface area contributed by atoms with Crippen LogP contribution < -0.4 is 0 Å². The molecule has 3 heteroatoms. The van der Waals surface area contributed by atoms with Gasteiger partial charge in [-0.15, -0.1) is 0 Å². The lowest BCUT2D eigenvalue weighted by molar-refractivity contribution is 0.0802. The predicted octanol–water partition coefficient (Wildman–Crippen LogP) is 2.85. The maximum absolute atomic E-state index is 11.7. The summed E-state index contributed by atoms with van der Waals surface area (Å²) < 4.78 is 1.04. The molecule has 1 rings (SSSR count). The smallest absolute Gasteiger partial charge is 0.253 e. The maximum Gasteiger partial charge on any atom is 0.253 e. The van der Waals surface area contributed by atoms with E-state index in [0.717, 1.165) is 22.1 Å². The zero-order valence-corrected chi connectivity index (χ0v) is 10.3. The molecule has 0 unspecified atom stereocenters. The molecule has 0 spiro atoms. The van der Waals surface area contributed by atoms with E-state index < -0.39 is 0 Å². The van der Waals surface area contributed by atoms with Crippen LogP contribution in [0, 0.1) is 6.92 Å². The summed E-state index contributed by atoms with van der Waals surface area (Å²) in [5, 5.41) is 0. The van der Waals surface area contributed by atoms with Gasteiger partial charge in [-0.05, 0) is 37.6 Å². The highest BCUT2D eigenvalue weighted by Crippen LogP contribution is 2.17. The minimum atomic E-state index is 0.0723. The lowest BCUT2D eigenvalue weighted by Gasteiger charge is -2.14. The van der Waals surface area contributed by atoms with Gasteiger partial charge in [-0.1, -0.05) is 15.9 Å². The second-order valence-electron chi connectivity index (χ2n) is 3.28. The second kappa shape index (κ2) is 4.60. The van der Waals surface area contributed by atoms with Crippen LogP contribution in [0.5, 0.6) is 0 Å². The van der Waals surface area contributed by atoms with Gasteiger partial charge in [0, 0.05) is 23.6 Å². The normalized spacial score (nSPS) is 10.0. The largest absolute Gasteiger partial charge is 0.342 e. The minimum absolute atomic E-state index is 0.0723. The highest BCUT2D eigenvalue weighted by molar-refractivity contribution is 9.10. The second-order valence-corrected chi connectivity index (χ2v) is 4.14. The van der Waals surface area contributed by atoms with Crippen molar-refractivity contribution in [3.05, 3.63) is 33.8 Å². The van der Waals surface area contributed by atoms with Gasteiger partial charge in [0.1, 0.15) is 0 Å². The molecular formula is C11H14BrNO. The van der Waals surface area contributed by atoms with Crippen molar-refractivity contribution < 1.29 is 4.79 Å². The molecule has 0 heterocycles. The summed E-state index contributed by atoms with van der Waals surface area (Å²) in [5.74, 6) is 0.0723. The van der Waals surface area contributed by atoms with E-state index in [0.29, 0.717) is 0 Å².